The number of carbonyl (C=O) groups is 2. The van der Waals surface area contributed by atoms with Crippen LogP contribution in [-0.2, 0) is 33.8 Å². The van der Waals surface area contributed by atoms with Crippen molar-refractivity contribution in [3.8, 4) is 0 Å². The van der Waals surface area contributed by atoms with Gasteiger partial charge in [0, 0.05) is 13.1 Å². The average Bonchev–Trinajstić information content (AvgIpc) is 3.02. The van der Waals surface area contributed by atoms with Crippen LogP contribution in [-0.4, -0.2) is 34.2 Å². The second kappa shape index (κ2) is 10.4. The van der Waals surface area contributed by atoms with Crippen molar-refractivity contribution >= 4 is 22.9 Å². The molecule has 0 bridgehead atoms. The van der Waals surface area contributed by atoms with E-state index in [1.54, 1.807) is 10.6 Å². The largest absolute Gasteiger partial charge is 0.454 e. The highest BCUT2D eigenvalue weighted by atomic mass is 16.5. The maximum Gasteiger partial charge on any atom is 0.329 e. The van der Waals surface area contributed by atoms with Crippen molar-refractivity contribution in [3.63, 3.8) is 0 Å². The summed E-state index contributed by atoms with van der Waals surface area (Å²) >= 11 is 0. The Morgan fingerprint density at radius 2 is 1.63 bits per heavy atom. The molecular formula is C23H27N3O4. The van der Waals surface area contributed by atoms with Crippen LogP contribution in [0.5, 0.6) is 0 Å². The van der Waals surface area contributed by atoms with Crippen LogP contribution in [0.2, 0.25) is 0 Å². The number of hydrogen-bond acceptors (Lipinski definition) is 4. The Hall–Kier alpha value is -3.35. The molecule has 0 spiro atoms. The van der Waals surface area contributed by atoms with Crippen LogP contribution < -0.4 is 11.0 Å². The van der Waals surface area contributed by atoms with Crippen LogP contribution in [0.1, 0.15) is 25.3 Å². The number of nitrogens with one attached hydrogen (secondary N) is 1. The van der Waals surface area contributed by atoms with Crippen LogP contribution in [0.25, 0.3) is 11.0 Å². The number of aromatic nitrogens is 2. The second-order valence-electron chi connectivity index (χ2n) is 7.11. The van der Waals surface area contributed by atoms with Gasteiger partial charge in [0.25, 0.3) is 5.91 Å². The summed E-state index contributed by atoms with van der Waals surface area (Å²) in [5, 5.41) is 2.75. The van der Waals surface area contributed by atoms with E-state index >= 15 is 0 Å². The molecule has 7 nitrogen and oxygen atoms in total. The van der Waals surface area contributed by atoms with Gasteiger partial charge in [-0.15, -0.1) is 0 Å². The van der Waals surface area contributed by atoms with E-state index in [4.69, 9.17) is 4.74 Å². The number of esters is 1. The van der Waals surface area contributed by atoms with E-state index < -0.39 is 5.97 Å². The van der Waals surface area contributed by atoms with Gasteiger partial charge in [-0.3, -0.25) is 18.7 Å². The number of amides is 1. The Morgan fingerprint density at radius 1 is 0.967 bits per heavy atom. The first-order valence-corrected chi connectivity index (χ1v) is 10.2. The normalized spacial score (nSPS) is 10.8. The number of nitrogens with zero attached hydrogens (tertiary/aromatic N) is 2. The topological polar surface area (TPSA) is 82.3 Å². The molecule has 1 heterocycles. The van der Waals surface area contributed by atoms with E-state index in [0.717, 1.165) is 24.8 Å². The van der Waals surface area contributed by atoms with Gasteiger partial charge in [0.1, 0.15) is 6.54 Å². The number of ether oxygens (including phenoxy) is 1. The molecule has 3 aromatic rings. The summed E-state index contributed by atoms with van der Waals surface area (Å²) in [5.41, 5.74) is 2.43. The minimum absolute atomic E-state index is 0.225. The fraction of sp³-hybridized carbons (Fsp3) is 0.348. The molecule has 0 radical (unpaired) electrons. The highest BCUT2D eigenvalue weighted by Crippen LogP contribution is 2.13. The molecule has 0 fully saturated rings. The van der Waals surface area contributed by atoms with E-state index in [-0.39, 0.29) is 24.7 Å². The predicted molar refractivity (Wildman–Crippen MR) is 115 cm³/mol. The predicted octanol–water partition coefficient (Wildman–Crippen LogP) is 2.51. The molecule has 2 aromatic carbocycles. The lowest BCUT2D eigenvalue weighted by Crippen LogP contribution is -2.32. The number of benzene rings is 2. The molecule has 1 aromatic heterocycles. The van der Waals surface area contributed by atoms with Gasteiger partial charge >= 0.3 is 11.7 Å². The molecule has 1 N–H and O–H groups in total. The van der Waals surface area contributed by atoms with Crippen molar-refractivity contribution < 1.29 is 14.3 Å². The fourth-order valence-electron chi connectivity index (χ4n) is 3.40. The molecule has 0 saturated heterocycles. The Kier molecular flexibility index (Phi) is 7.43. The third-order valence-corrected chi connectivity index (χ3v) is 4.83. The minimum Gasteiger partial charge on any atom is -0.454 e. The highest BCUT2D eigenvalue weighted by Gasteiger charge is 2.16. The first-order chi connectivity index (χ1) is 14.6. The number of hydrogen-bond donors (Lipinski definition) is 1. The zero-order valence-corrected chi connectivity index (χ0v) is 17.2. The number of carbonyl (C=O) groups excluding carboxylic acids is 2. The molecule has 3 rings (SSSR count). The lowest BCUT2D eigenvalue weighted by atomic mass is 10.1. The van der Waals surface area contributed by atoms with Gasteiger partial charge < -0.3 is 10.1 Å². The minimum atomic E-state index is -0.615. The molecule has 0 atom stereocenters. The highest BCUT2D eigenvalue weighted by molar-refractivity contribution is 5.82. The van der Waals surface area contributed by atoms with Gasteiger partial charge in [-0.2, -0.15) is 0 Å². The molecule has 0 saturated carbocycles. The number of rotatable bonds is 10. The van der Waals surface area contributed by atoms with Crippen LogP contribution in [0, 0.1) is 0 Å². The standard InChI is InChI=1S/C23H27N3O4/c1-2-15-25-19-12-6-7-13-20(19)26(23(25)29)16-22(28)30-17-21(27)24-14-8-11-18-9-4-3-5-10-18/h3-7,9-10,12-13H,2,8,11,14-17H2,1H3,(H,24,27). The zero-order chi connectivity index (χ0) is 21.3. The van der Waals surface area contributed by atoms with Gasteiger partial charge in [0.05, 0.1) is 11.0 Å². The van der Waals surface area contributed by atoms with Crippen molar-refractivity contribution in [2.75, 3.05) is 13.2 Å². The van der Waals surface area contributed by atoms with Gasteiger partial charge in [-0.25, -0.2) is 4.79 Å². The van der Waals surface area contributed by atoms with E-state index in [1.165, 1.54) is 10.1 Å². The molecule has 1 amide bonds. The molecule has 7 heteroatoms. The zero-order valence-electron chi connectivity index (χ0n) is 17.2. The van der Waals surface area contributed by atoms with E-state index in [0.29, 0.717) is 18.6 Å². The molecule has 0 aliphatic carbocycles. The van der Waals surface area contributed by atoms with Crippen molar-refractivity contribution in [3.05, 3.63) is 70.6 Å². The van der Waals surface area contributed by atoms with Gasteiger partial charge in [0.2, 0.25) is 0 Å². The summed E-state index contributed by atoms with van der Waals surface area (Å²) in [7, 11) is 0. The Bertz CT molecular complexity index is 1050. The van der Waals surface area contributed by atoms with E-state index in [1.807, 2.05) is 55.5 Å². The molecule has 30 heavy (non-hydrogen) atoms. The molecule has 0 aliphatic heterocycles. The summed E-state index contributed by atoms with van der Waals surface area (Å²) in [6, 6.07) is 17.4. The summed E-state index contributed by atoms with van der Waals surface area (Å²) in [6.45, 7) is 2.50. The quantitative estimate of drug-likeness (QED) is 0.412. The smallest absolute Gasteiger partial charge is 0.329 e. The van der Waals surface area contributed by atoms with Crippen molar-refractivity contribution in [2.24, 2.45) is 0 Å². The van der Waals surface area contributed by atoms with Gasteiger partial charge in [0.15, 0.2) is 6.61 Å². The summed E-state index contributed by atoms with van der Waals surface area (Å²) < 4.78 is 8.13. The molecular weight excluding hydrogens is 382 g/mol. The Labute approximate surface area is 175 Å². The first-order valence-electron chi connectivity index (χ1n) is 10.2. The van der Waals surface area contributed by atoms with Crippen LogP contribution in [0.3, 0.4) is 0 Å². The summed E-state index contributed by atoms with van der Waals surface area (Å²) in [6.07, 6.45) is 2.48. The average molecular weight is 409 g/mol. The van der Waals surface area contributed by atoms with Gasteiger partial charge in [-0.1, -0.05) is 49.4 Å². The van der Waals surface area contributed by atoms with Crippen LogP contribution >= 0.6 is 0 Å². The fourth-order valence-corrected chi connectivity index (χ4v) is 3.40. The molecule has 0 unspecified atom stereocenters. The molecule has 0 aliphatic rings. The number of fused-ring (bicyclic) bond motifs is 1. The number of para-hydroxylation sites is 2. The third kappa shape index (κ3) is 5.37. The van der Waals surface area contributed by atoms with E-state index in [2.05, 4.69) is 5.32 Å². The van der Waals surface area contributed by atoms with Crippen LogP contribution in [0.15, 0.2) is 59.4 Å². The maximum atomic E-state index is 12.7. The number of aryl methyl sites for hydroxylation is 2. The first kappa shape index (κ1) is 21.4. The number of imidazole rings is 1. The second-order valence-corrected chi connectivity index (χ2v) is 7.11. The Balaban J connectivity index is 1.48. The summed E-state index contributed by atoms with van der Waals surface area (Å²) in [5.74, 6) is -0.965. The lowest BCUT2D eigenvalue weighted by Gasteiger charge is -2.07. The van der Waals surface area contributed by atoms with Gasteiger partial charge in [-0.05, 0) is 37.0 Å². The molecule has 158 valence electrons. The van der Waals surface area contributed by atoms with E-state index in [9.17, 15) is 14.4 Å². The maximum absolute atomic E-state index is 12.7. The lowest BCUT2D eigenvalue weighted by molar-refractivity contribution is -0.149. The van der Waals surface area contributed by atoms with Crippen LogP contribution in [0.4, 0.5) is 0 Å². The monoisotopic (exact) mass is 409 g/mol. The third-order valence-electron chi connectivity index (χ3n) is 4.83. The van der Waals surface area contributed by atoms with Crippen molar-refractivity contribution in [1.29, 1.82) is 0 Å². The van der Waals surface area contributed by atoms with Crippen molar-refractivity contribution in [2.45, 2.75) is 39.3 Å². The Morgan fingerprint density at radius 3 is 2.33 bits per heavy atom. The SMILES string of the molecule is CCCn1c(=O)n(CC(=O)OCC(=O)NCCCc2ccccc2)c2ccccc21. The van der Waals surface area contributed by atoms with Crippen molar-refractivity contribution in [1.82, 2.24) is 14.5 Å². The summed E-state index contributed by atoms with van der Waals surface area (Å²) in [4.78, 5) is 36.8.